The van der Waals surface area contributed by atoms with Crippen LogP contribution >= 0.6 is 6.89 Å². The Morgan fingerprint density at radius 3 is 1.08 bits per heavy atom. The Morgan fingerprint density at radius 2 is 0.833 bits per heavy atom. The minimum atomic E-state index is -1.98. The topological polar surface area (TPSA) is 0 Å². The molecule has 0 aliphatic rings. The number of allylic oxidation sites excluding steroid dienone is 2. The summed E-state index contributed by atoms with van der Waals surface area (Å²) in [5.74, 6) is 0. The highest BCUT2D eigenvalue weighted by atomic mass is 31.2. The van der Waals surface area contributed by atoms with Crippen LogP contribution in [0.5, 0.6) is 0 Å². The van der Waals surface area contributed by atoms with Crippen LogP contribution in [0.25, 0.3) is 0 Å². The fourth-order valence-corrected chi connectivity index (χ4v) is 7.40. The van der Waals surface area contributed by atoms with Crippen LogP contribution in [-0.2, 0) is 0 Å². The van der Waals surface area contributed by atoms with Gasteiger partial charge in [-0.3, -0.25) is 0 Å². The molecule has 0 aromatic heterocycles. The monoisotopic (exact) mass is 328 g/mol. The Morgan fingerprint density at radius 1 is 0.542 bits per heavy atom. The van der Waals surface area contributed by atoms with Gasteiger partial charge in [0.05, 0.1) is 0 Å². The van der Waals surface area contributed by atoms with Gasteiger partial charge in [-0.1, -0.05) is 116 Å². The molecule has 0 spiro atoms. The summed E-state index contributed by atoms with van der Waals surface area (Å²) in [5, 5.41) is 5.14. The average molecular weight is 328 g/mol. The zero-order chi connectivity index (χ0) is 16.8. The van der Waals surface area contributed by atoms with E-state index in [0.29, 0.717) is 0 Å². The van der Waals surface area contributed by atoms with Crippen molar-refractivity contribution in [3.63, 3.8) is 0 Å². The SMILES string of the molecule is C=CC(C=C)=P(c1ccccc1)(c1ccccc1)c1ccccc1. The zero-order valence-corrected chi connectivity index (χ0v) is 14.6. The summed E-state index contributed by atoms with van der Waals surface area (Å²) >= 11 is 0. The van der Waals surface area contributed by atoms with Gasteiger partial charge in [0.2, 0.25) is 0 Å². The number of hydrogen-bond acceptors (Lipinski definition) is 0. The van der Waals surface area contributed by atoms with Crippen molar-refractivity contribution in [3.8, 4) is 0 Å². The van der Waals surface area contributed by atoms with E-state index in [1.165, 1.54) is 21.2 Å². The molecule has 118 valence electrons. The fourth-order valence-electron chi connectivity index (χ4n) is 3.21. The molecule has 0 saturated heterocycles. The molecule has 0 aliphatic carbocycles. The van der Waals surface area contributed by atoms with Gasteiger partial charge >= 0.3 is 0 Å². The Hall–Kier alpha value is -2.56. The second-order valence-electron chi connectivity index (χ2n) is 5.51. The maximum atomic E-state index is 4.09. The van der Waals surface area contributed by atoms with Crippen molar-refractivity contribution in [2.45, 2.75) is 0 Å². The molecule has 0 unspecified atom stereocenters. The summed E-state index contributed by atoms with van der Waals surface area (Å²) in [4.78, 5) is 0. The second-order valence-corrected chi connectivity index (χ2v) is 8.92. The van der Waals surface area contributed by atoms with Crippen molar-refractivity contribution >= 4 is 28.1 Å². The van der Waals surface area contributed by atoms with Crippen LogP contribution in [0.1, 0.15) is 0 Å². The van der Waals surface area contributed by atoms with Crippen LogP contribution in [0.2, 0.25) is 0 Å². The summed E-state index contributed by atoms with van der Waals surface area (Å²) in [7, 11) is 0. The van der Waals surface area contributed by atoms with Crippen molar-refractivity contribution in [3.05, 3.63) is 116 Å². The largest absolute Gasteiger partial charge is 0.0984 e. The molecule has 1 heteroatoms. The molecular weight excluding hydrogens is 307 g/mol. The first-order chi connectivity index (χ1) is 11.8. The molecule has 0 atom stereocenters. The molecule has 0 amide bonds. The van der Waals surface area contributed by atoms with E-state index in [9.17, 15) is 0 Å². The Kier molecular flexibility index (Phi) is 4.99. The number of hydrogen-bond donors (Lipinski definition) is 0. The smallest absolute Gasteiger partial charge is 0.0155 e. The van der Waals surface area contributed by atoms with E-state index in [1.54, 1.807) is 0 Å². The molecule has 0 saturated carbocycles. The van der Waals surface area contributed by atoms with E-state index in [1.807, 2.05) is 12.2 Å². The van der Waals surface area contributed by atoms with Crippen LogP contribution in [-0.4, -0.2) is 5.29 Å². The van der Waals surface area contributed by atoms with Crippen molar-refractivity contribution < 1.29 is 0 Å². The number of benzene rings is 3. The van der Waals surface area contributed by atoms with Crippen LogP contribution < -0.4 is 15.9 Å². The summed E-state index contributed by atoms with van der Waals surface area (Å²) in [6.45, 7) is 6.20. The van der Waals surface area contributed by atoms with Gasteiger partial charge in [-0.15, -0.1) is 0 Å². The molecule has 3 aromatic carbocycles. The first-order valence-corrected chi connectivity index (χ1v) is 9.81. The molecule has 0 aliphatic heterocycles. The third kappa shape index (κ3) is 2.70. The van der Waals surface area contributed by atoms with Gasteiger partial charge < -0.3 is 0 Å². The first-order valence-electron chi connectivity index (χ1n) is 8.02. The molecule has 3 aromatic rings. The quantitative estimate of drug-likeness (QED) is 0.604. The number of rotatable bonds is 5. The lowest BCUT2D eigenvalue weighted by molar-refractivity contribution is 1.73. The lowest BCUT2D eigenvalue weighted by Gasteiger charge is -2.31. The molecule has 0 radical (unpaired) electrons. The Labute approximate surface area is 144 Å². The van der Waals surface area contributed by atoms with Gasteiger partial charge in [-0.25, -0.2) is 0 Å². The van der Waals surface area contributed by atoms with E-state index in [-0.39, 0.29) is 0 Å². The lowest BCUT2D eigenvalue weighted by Crippen LogP contribution is -2.29. The van der Waals surface area contributed by atoms with Gasteiger partial charge in [0.1, 0.15) is 0 Å². The molecular formula is C23H21P. The standard InChI is InChI=1S/C23H21P/c1-3-20(4-2)24(21-14-8-5-9-15-21,22-16-10-6-11-17-22)23-18-12-7-13-19-23/h3-19H,1-2H2. The Bertz CT molecular complexity index is 762. The minimum Gasteiger partial charge on any atom is -0.0984 e. The third-order valence-electron chi connectivity index (χ3n) is 4.24. The molecule has 3 rings (SSSR count). The fraction of sp³-hybridized carbons (Fsp3) is 0. The van der Waals surface area contributed by atoms with Crippen LogP contribution in [0.15, 0.2) is 116 Å². The average Bonchev–Trinajstić information content (AvgIpc) is 2.68. The van der Waals surface area contributed by atoms with Crippen molar-refractivity contribution in [1.29, 1.82) is 0 Å². The second kappa shape index (κ2) is 7.34. The molecule has 0 nitrogen and oxygen atoms in total. The maximum absolute atomic E-state index is 4.09. The van der Waals surface area contributed by atoms with Crippen LogP contribution in [0.4, 0.5) is 0 Å². The first kappa shape index (κ1) is 16.3. The third-order valence-corrected chi connectivity index (χ3v) is 8.59. The highest BCUT2D eigenvalue weighted by molar-refractivity contribution is 7.95. The van der Waals surface area contributed by atoms with Gasteiger partial charge in [-0.05, 0) is 28.1 Å². The summed E-state index contributed by atoms with van der Waals surface area (Å²) in [6, 6.07) is 32.2. The van der Waals surface area contributed by atoms with E-state index in [4.69, 9.17) is 0 Å². The van der Waals surface area contributed by atoms with E-state index >= 15 is 0 Å². The maximum Gasteiger partial charge on any atom is -0.0155 e. The summed E-state index contributed by atoms with van der Waals surface area (Å²) in [6.07, 6.45) is 3.93. The van der Waals surface area contributed by atoms with Crippen molar-refractivity contribution in [2.75, 3.05) is 0 Å². The van der Waals surface area contributed by atoms with E-state index in [0.717, 1.165) is 0 Å². The molecule has 0 bridgehead atoms. The van der Waals surface area contributed by atoms with E-state index in [2.05, 4.69) is 104 Å². The predicted molar refractivity (Wildman–Crippen MR) is 111 cm³/mol. The van der Waals surface area contributed by atoms with Crippen molar-refractivity contribution in [1.82, 2.24) is 0 Å². The minimum absolute atomic E-state index is 1.19. The summed E-state index contributed by atoms with van der Waals surface area (Å²) < 4.78 is 0. The normalized spacial score (nSPS) is 10.8. The van der Waals surface area contributed by atoms with Crippen molar-refractivity contribution in [2.24, 2.45) is 0 Å². The molecule has 24 heavy (non-hydrogen) atoms. The predicted octanol–water partition coefficient (Wildman–Crippen LogP) is 4.52. The zero-order valence-electron chi connectivity index (χ0n) is 13.7. The van der Waals surface area contributed by atoms with E-state index < -0.39 is 6.89 Å². The van der Waals surface area contributed by atoms with Gasteiger partial charge in [-0.2, -0.15) is 0 Å². The lowest BCUT2D eigenvalue weighted by atomic mass is 10.3. The van der Waals surface area contributed by atoms with Gasteiger partial charge in [0, 0.05) is 0 Å². The Balaban J connectivity index is 2.55. The highest BCUT2D eigenvalue weighted by Crippen LogP contribution is 2.46. The summed E-state index contributed by atoms with van der Waals surface area (Å²) in [5.41, 5.74) is 0. The van der Waals surface area contributed by atoms with Gasteiger partial charge in [0.25, 0.3) is 0 Å². The molecule has 0 heterocycles. The van der Waals surface area contributed by atoms with Crippen LogP contribution in [0.3, 0.4) is 0 Å². The highest BCUT2D eigenvalue weighted by Gasteiger charge is 2.27. The molecule has 0 N–H and O–H groups in total. The molecule has 0 fully saturated rings. The van der Waals surface area contributed by atoms with Crippen LogP contribution in [0, 0.1) is 0 Å². The van der Waals surface area contributed by atoms with Gasteiger partial charge in [0.15, 0.2) is 0 Å².